The van der Waals surface area contributed by atoms with Crippen molar-refractivity contribution in [1.82, 2.24) is 9.55 Å². The van der Waals surface area contributed by atoms with Crippen molar-refractivity contribution in [3.63, 3.8) is 0 Å². The lowest BCUT2D eigenvalue weighted by Gasteiger charge is -2.15. The highest BCUT2D eigenvalue weighted by Crippen LogP contribution is 2.29. The molecule has 0 aliphatic heterocycles. The van der Waals surface area contributed by atoms with E-state index in [1.54, 1.807) is 0 Å². The van der Waals surface area contributed by atoms with E-state index >= 15 is 0 Å². The Morgan fingerprint density at radius 1 is 1.56 bits per heavy atom. The molecular weight excluding hydrogens is 248 g/mol. The Labute approximate surface area is 112 Å². The molecular formula is C13H20N2O2S. The summed E-state index contributed by atoms with van der Waals surface area (Å²) in [6.07, 6.45) is 8.10. The fourth-order valence-electron chi connectivity index (χ4n) is 2.56. The number of aryl methyl sites for hydroxylation is 1. The van der Waals surface area contributed by atoms with E-state index in [1.807, 2.05) is 6.20 Å². The SMILES string of the molecule is CCc1cnc(SCC(=O)O)n1CC1CCCC1. The maximum absolute atomic E-state index is 10.6. The van der Waals surface area contributed by atoms with Gasteiger partial charge in [0.2, 0.25) is 0 Å². The second-order valence-corrected chi connectivity index (χ2v) is 5.77. The average Bonchev–Trinajstić information content (AvgIpc) is 2.97. The predicted molar refractivity (Wildman–Crippen MR) is 71.9 cm³/mol. The molecule has 4 nitrogen and oxygen atoms in total. The van der Waals surface area contributed by atoms with Gasteiger partial charge in [-0.1, -0.05) is 31.5 Å². The number of rotatable bonds is 6. The molecule has 1 saturated carbocycles. The topological polar surface area (TPSA) is 55.1 Å². The van der Waals surface area contributed by atoms with Crippen LogP contribution in [0.25, 0.3) is 0 Å². The van der Waals surface area contributed by atoms with Gasteiger partial charge in [-0.3, -0.25) is 4.79 Å². The van der Waals surface area contributed by atoms with E-state index in [2.05, 4.69) is 16.5 Å². The largest absolute Gasteiger partial charge is 0.481 e. The highest BCUT2D eigenvalue weighted by atomic mass is 32.2. The molecule has 0 saturated heterocycles. The molecule has 0 aromatic carbocycles. The lowest BCUT2D eigenvalue weighted by atomic mass is 10.1. The van der Waals surface area contributed by atoms with Crippen molar-refractivity contribution in [3.05, 3.63) is 11.9 Å². The van der Waals surface area contributed by atoms with Crippen LogP contribution in [0, 0.1) is 5.92 Å². The number of hydrogen-bond acceptors (Lipinski definition) is 3. The number of nitrogens with zero attached hydrogens (tertiary/aromatic N) is 2. The summed E-state index contributed by atoms with van der Waals surface area (Å²) < 4.78 is 2.23. The molecule has 0 spiro atoms. The Morgan fingerprint density at radius 2 is 2.28 bits per heavy atom. The lowest BCUT2D eigenvalue weighted by Crippen LogP contribution is -2.12. The predicted octanol–water partition coefficient (Wildman–Crippen LogP) is 2.81. The Balaban J connectivity index is 2.08. The maximum atomic E-state index is 10.6. The average molecular weight is 268 g/mol. The van der Waals surface area contributed by atoms with Gasteiger partial charge in [-0.15, -0.1) is 0 Å². The van der Waals surface area contributed by atoms with Crippen molar-refractivity contribution in [1.29, 1.82) is 0 Å². The third kappa shape index (κ3) is 3.28. The van der Waals surface area contributed by atoms with E-state index in [1.165, 1.54) is 43.1 Å². The molecule has 5 heteroatoms. The second-order valence-electron chi connectivity index (χ2n) is 4.83. The first-order valence-corrected chi connectivity index (χ1v) is 7.58. The molecule has 1 fully saturated rings. The fraction of sp³-hybridized carbons (Fsp3) is 0.692. The second kappa shape index (κ2) is 6.27. The normalized spacial score (nSPS) is 16.3. The van der Waals surface area contributed by atoms with Gasteiger partial charge in [0.1, 0.15) is 0 Å². The van der Waals surface area contributed by atoms with Crippen LogP contribution in [0.2, 0.25) is 0 Å². The molecule has 0 unspecified atom stereocenters. The van der Waals surface area contributed by atoms with Gasteiger partial charge in [0.25, 0.3) is 0 Å². The quantitative estimate of drug-likeness (QED) is 0.806. The number of aromatic nitrogens is 2. The summed E-state index contributed by atoms with van der Waals surface area (Å²) in [6.45, 7) is 3.12. The van der Waals surface area contributed by atoms with Crippen LogP contribution < -0.4 is 0 Å². The zero-order chi connectivity index (χ0) is 13.0. The van der Waals surface area contributed by atoms with Crippen molar-refractivity contribution in [2.24, 2.45) is 5.92 Å². The molecule has 1 aliphatic carbocycles. The van der Waals surface area contributed by atoms with E-state index in [4.69, 9.17) is 5.11 Å². The highest BCUT2D eigenvalue weighted by molar-refractivity contribution is 7.99. The molecule has 18 heavy (non-hydrogen) atoms. The summed E-state index contributed by atoms with van der Waals surface area (Å²) in [4.78, 5) is 15.0. The molecule has 1 aliphatic rings. The molecule has 1 heterocycles. The van der Waals surface area contributed by atoms with Gasteiger partial charge >= 0.3 is 5.97 Å². The third-order valence-electron chi connectivity index (χ3n) is 3.50. The van der Waals surface area contributed by atoms with Crippen LogP contribution in [-0.2, 0) is 17.8 Å². The van der Waals surface area contributed by atoms with Crippen molar-refractivity contribution >= 4 is 17.7 Å². The van der Waals surface area contributed by atoms with Crippen LogP contribution in [0.1, 0.15) is 38.3 Å². The van der Waals surface area contributed by atoms with Gasteiger partial charge in [0.15, 0.2) is 5.16 Å². The van der Waals surface area contributed by atoms with Crippen LogP contribution in [0.3, 0.4) is 0 Å². The highest BCUT2D eigenvalue weighted by Gasteiger charge is 2.19. The summed E-state index contributed by atoms with van der Waals surface area (Å²) >= 11 is 1.33. The molecule has 0 amide bonds. The van der Waals surface area contributed by atoms with Gasteiger partial charge in [-0.2, -0.15) is 0 Å². The Hall–Kier alpha value is -0.970. The van der Waals surface area contributed by atoms with E-state index in [9.17, 15) is 4.79 Å². The monoisotopic (exact) mass is 268 g/mol. The zero-order valence-electron chi connectivity index (χ0n) is 10.8. The Morgan fingerprint density at radius 3 is 2.89 bits per heavy atom. The molecule has 0 bridgehead atoms. The maximum Gasteiger partial charge on any atom is 0.313 e. The first-order valence-electron chi connectivity index (χ1n) is 6.59. The van der Waals surface area contributed by atoms with Gasteiger partial charge in [0.05, 0.1) is 5.75 Å². The fourth-order valence-corrected chi connectivity index (χ4v) is 3.29. The van der Waals surface area contributed by atoms with Crippen LogP contribution in [0.15, 0.2) is 11.4 Å². The standard InChI is InChI=1S/C13H20N2O2S/c1-2-11-7-14-13(18-9-12(16)17)15(11)8-10-5-3-4-6-10/h7,10H,2-6,8-9H2,1H3,(H,16,17). The van der Waals surface area contributed by atoms with E-state index in [0.717, 1.165) is 24.0 Å². The minimum atomic E-state index is -0.784. The molecule has 2 rings (SSSR count). The van der Waals surface area contributed by atoms with Crippen molar-refractivity contribution in [2.45, 2.75) is 50.7 Å². The van der Waals surface area contributed by atoms with Gasteiger partial charge in [-0.05, 0) is 25.2 Å². The number of thioether (sulfide) groups is 1. The summed E-state index contributed by atoms with van der Waals surface area (Å²) in [5.74, 6) is 0.0484. The number of carboxylic acid groups (broad SMARTS) is 1. The molecule has 0 atom stereocenters. The van der Waals surface area contributed by atoms with Crippen molar-refractivity contribution < 1.29 is 9.90 Å². The van der Waals surface area contributed by atoms with Crippen molar-refractivity contribution in [2.75, 3.05) is 5.75 Å². The number of carbonyl (C=O) groups is 1. The minimum absolute atomic E-state index is 0.0881. The van der Waals surface area contributed by atoms with E-state index in [0.29, 0.717) is 0 Å². The summed E-state index contributed by atoms with van der Waals surface area (Å²) in [5, 5.41) is 9.62. The van der Waals surface area contributed by atoms with Crippen LogP contribution in [-0.4, -0.2) is 26.4 Å². The van der Waals surface area contributed by atoms with E-state index in [-0.39, 0.29) is 5.75 Å². The van der Waals surface area contributed by atoms with Gasteiger partial charge in [-0.25, -0.2) is 4.98 Å². The van der Waals surface area contributed by atoms with Gasteiger partial charge < -0.3 is 9.67 Å². The molecule has 0 radical (unpaired) electrons. The molecule has 100 valence electrons. The smallest absolute Gasteiger partial charge is 0.313 e. The number of aliphatic carboxylic acids is 1. The Kier molecular flexibility index (Phi) is 4.69. The summed E-state index contributed by atoms with van der Waals surface area (Å²) in [6, 6.07) is 0. The first kappa shape index (κ1) is 13.5. The van der Waals surface area contributed by atoms with Crippen LogP contribution >= 0.6 is 11.8 Å². The lowest BCUT2D eigenvalue weighted by molar-refractivity contribution is -0.133. The van der Waals surface area contributed by atoms with Gasteiger partial charge in [0, 0.05) is 18.4 Å². The number of hydrogen-bond donors (Lipinski definition) is 1. The number of imidazole rings is 1. The molecule has 1 aromatic rings. The Bertz CT molecular complexity index is 411. The van der Waals surface area contributed by atoms with Crippen LogP contribution in [0.5, 0.6) is 0 Å². The zero-order valence-corrected chi connectivity index (χ0v) is 11.6. The van der Waals surface area contributed by atoms with Crippen LogP contribution in [0.4, 0.5) is 0 Å². The molecule has 1 N–H and O–H groups in total. The first-order chi connectivity index (χ1) is 8.70. The minimum Gasteiger partial charge on any atom is -0.481 e. The number of carboxylic acids is 1. The molecule has 1 aromatic heterocycles. The van der Waals surface area contributed by atoms with E-state index < -0.39 is 5.97 Å². The summed E-state index contributed by atoms with van der Waals surface area (Å²) in [7, 11) is 0. The van der Waals surface area contributed by atoms with Crippen molar-refractivity contribution in [3.8, 4) is 0 Å². The third-order valence-corrected chi connectivity index (χ3v) is 4.48. The summed E-state index contributed by atoms with van der Waals surface area (Å²) in [5.41, 5.74) is 1.22.